The van der Waals surface area contributed by atoms with Crippen LogP contribution in [-0.4, -0.2) is 81.6 Å². The third-order valence-corrected chi connectivity index (χ3v) is 0. The molecule has 0 spiro atoms. The van der Waals surface area contributed by atoms with Crippen LogP contribution in [0.5, 0.6) is 0 Å². The van der Waals surface area contributed by atoms with Gasteiger partial charge >= 0.3 is 107 Å². The molecule has 0 heterocycles. The van der Waals surface area contributed by atoms with E-state index >= 15 is 0 Å². The molecule has 0 fully saturated rings. The molecule has 0 radical (unpaired) electrons. The van der Waals surface area contributed by atoms with Crippen molar-refractivity contribution in [1.82, 2.24) is 0 Å². The molecule has 56 valence electrons. The Hall–Kier alpha value is 2.00. The van der Waals surface area contributed by atoms with E-state index in [1.807, 2.05) is 0 Å². The van der Waals surface area contributed by atoms with Gasteiger partial charge in [0.1, 0.15) is 0 Å². The zero-order valence-corrected chi connectivity index (χ0v) is 11.6. The first-order valence-corrected chi connectivity index (χ1v) is 4.56. The molecule has 0 unspecified atom stereocenters. The van der Waals surface area contributed by atoms with E-state index in [4.69, 9.17) is 29.3 Å². The first kappa shape index (κ1) is 23.1. The number of rotatable bonds is 0. The molecule has 0 aromatic carbocycles. The van der Waals surface area contributed by atoms with Crippen molar-refractivity contribution in [3.05, 3.63) is 0 Å². The van der Waals surface area contributed by atoms with Crippen molar-refractivity contribution in [2.24, 2.45) is 0 Å². The molecule has 0 rings (SSSR count). The van der Waals surface area contributed by atoms with Crippen LogP contribution >= 0.6 is 0 Å². The van der Waals surface area contributed by atoms with Crippen molar-refractivity contribution in [3.8, 4) is 0 Å². The van der Waals surface area contributed by atoms with Gasteiger partial charge in [-0.05, 0) is 6.16 Å². The van der Waals surface area contributed by atoms with Crippen molar-refractivity contribution in [2.45, 2.75) is 0 Å². The molecule has 0 bridgehead atoms. The van der Waals surface area contributed by atoms with Crippen molar-refractivity contribution in [1.29, 1.82) is 0 Å². The van der Waals surface area contributed by atoms with E-state index in [2.05, 4.69) is 0 Å². The minimum absolute atomic E-state index is 0. The van der Waals surface area contributed by atoms with E-state index in [-0.39, 0.29) is 75.5 Å². The van der Waals surface area contributed by atoms with Gasteiger partial charge < -0.3 is 15.0 Å². The molecule has 0 aliphatic carbocycles. The average molecular weight is 300 g/mol. The molecule has 0 saturated heterocycles. The second-order valence-electron chi connectivity index (χ2n) is 0.658. The van der Waals surface area contributed by atoms with Crippen LogP contribution < -0.4 is 17.7 Å². The van der Waals surface area contributed by atoms with E-state index in [0.717, 1.165) is 0 Å². The maximum atomic E-state index is 8.63. The maximum absolute atomic E-state index is 8.63. The predicted molar refractivity (Wildman–Crippen MR) is 18.3 cm³/mol. The van der Waals surface area contributed by atoms with Crippen LogP contribution in [0.1, 0.15) is 0 Å². The van der Waals surface area contributed by atoms with Crippen LogP contribution in [0.2, 0.25) is 0 Å². The summed E-state index contributed by atoms with van der Waals surface area (Å²) >= 11 is -6.02. The Labute approximate surface area is 125 Å². The number of hydrogen-bond acceptors (Lipinski definition) is 7. The first-order chi connectivity index (χ1) is 3.73. The molecular weight excluding hydrogens is 300 g/mol. The van der Waals surface area contributed by atoms with Crippen LogP contribution in [0.4, 0.5) is 4.79 Å². The van der Waals surface area contributed by atoms with Crippen LogP contribution in [0.3, 0.4) is 0 Å². The molecule has 10 heteroatoms. The summed E-state index contributed by atoms with van der Waals surface area (Å²) in [6, 6.07) is 0. The quantitative estimate of drug-likeness (QED) is 0.405. The molecular formula is CCa2MoO7. The first-order valence-electron chi connectivity index (χ1n) is 1.28. The summed E-state index contributed by atoms with van der Waals surface area (Å²) in [5.74, 6) is 0. The van der Waals surface area contributed by atoms with Gasteiger partial charge in [-0.1, -0.05) is 0 Å². The molecule has 0 atom stereocenters. The monoisotopic (exact) mass is 302 g/mol. The molecule has 7 nitrogen and oxygen atoms in total. The summed E-state index contributed by atoms with van der Waals surface area (Å²) in [5.41, 5.74) is 0. The van der Waals surface area contributed by atoms with E-state index < -0.39 is 22.9 Å². The van der Waals surface area contributed by atoms with Gasteiger partial charge in [-0.15, -0.1) is 0 Å². The number of carboxylic acid groups (broad SMARTS) is 2. The zero-order chi connectivity index (χ0) is 8.08. The van der Waals surface area contributed by atoms with Crippen LogP contribution in [0.25, 0.3) is 0 Å². The fourth-order valence-electron chi connectivity index (χ4n) is 0. The van der Waals surface area contributed by atoms with Crippen LogP contribution in [-0.2, 0) is 23.5 Å². The molecule has 0 N–H and O–H groups in total. The Balaban J connectivity index is -0.0000000383. The van der Waals surface area contributed by atoms with Crippen molar-refractivity contribution >= 4 is 81.6 Å². The second-order valence-corrected chi connectivity index (χ2v) is 2.67. The van der Waals surface area contributed by atoms with Crippen molar-refractivity contribution < 1.29 is 46.1 Å². The fourth-order valence-corrected chi connectivity index (χ4v) is 0. The van der Waals surface area contributed by atoms with Gasteiger partial charge in [-0.2, -0.15) is 0 Å². The van der Waals surface area contributed by atoms with E-state index in [9.17, 15) is 0 Å². The van der Waals surface area contributed by atoms with Gasteiger partial charge in [0.05, 0.1) is 0 Å². The fraction of sp³-hybridized carbons (Fsp3) is 0. The van der Waals surface area contributed by atoms with E-state index in [1.165, 1.54) is 0 Å². The molecule has 11 heavy (non-hydrogen) atoms. The number of carbonyl (C=O) groups excluding carboxylic acids is 1. The number of hydrogen-bond donors (Lipinski definition) is 0. The molecule has 0 saturated carbocycles. The summed E-state index contributed by atoms with van der Waals surface area (Å²) in [7, 11) is 0. The number of carbonyl (C=O) groups is 1. The third-order valence-electron chi connectivity index (χ3n) is 0. The van der Waals surface area contributed by atoms with Gasteiger partial charge in [-0.3, -0.25) is 0 Å². The summed E-state index contributed by atoms with van der Waals surface area (Å²) in [6.45, 7) is 0. The Bertz CT molecular complexity index is 159. The van der Waals surface area contributed by atoms with E-state index in [0.29, 0.717) is 0 Å². The molecule has 0 aliphatic heterocycles. The second kappa shape index (κ2) is 12.0. The van der Waals surface area contributed by atoms with E-state index in [1.54, 1.807) is 0 Å². The SMILES string of the molecule is O=C([O-])[O-].[Ca+2].[Ca+2].[O]=[Mo](=[O])([O-])[O-]. The Morgan fingerprint density at radius 3 is 1.00 bits per heavy atom. The summed E-state index contributed by atoms with van der Waals surface area (Å²) in [4.78, 5) is 8.33. The Morgan fingerprint density at radius 1 is 1.00 bits per heavy atom. The normalized spacial score (nSPS) is 7.45. The third kappa shape index (κ3) is 300. The van der Waals surface area contributed by atoms with Crippen LogP contribution in [0, 0.1) is 0 Å². The minimum atomic E-state index is -6.02. The van der Waals surface area contributed by atoms with Crippen molar-refractivity contribution in [2.75, 3.05) is 0 Å². The molecule has 0 aromatic rings. The zero-order valence-electron chi connectivity index (χ0n) is 5.18. The van der Waals surface area contributed by atoms with Gasteiger partial charge in [0.25, 0.3) is 0 Å². The topological polar surface area (TPSA) is 143 Å². The molecule has 0 amide bonds. The standard InChI is InChI=1S/CH2O3.2Ca.Mo.4O/c2-1(3)4;;;;;;;/h(H2,2,3,4);;;;;;;/q;2*+2;;;;2*-1/p-2. The van der Waals surface area contributed by atoms with Gasteiger partial charge in [0, 0.05) is 0 Å². The van der Waals surface area contributed by atoms with Crippen LogP contribution in [0.15, 0.2) is 0 Å². The average Bonchev–Trinajstić information content (AvgIpc) is 1.19. The molecule has 0 aliphatic rings. The Kier molecular flexibility index (Phi) is 25.2. The van der Waals surface area contributed by atoms with Gasteiger partial charge in [0.15, 0.2) is 0 Å². The summed E-state index contributed by atoms with van der Waals surface area (Å²) in [5, 5.41) is 16.7. The van der Waals surface area contributed by atoms with Gasteiger partial charge in [-0.25, -0.2) is 0 Å². The summed E-state index contributed by atoms with van der Waals surface area (Å²) in [6.07, 6.45) is -2.33. The predicted octanol–water partition coefficient (Wildman–Crippen LogP) is -5.83. The van der Waals surface area contributed by atoms with Gasteiger partial charge in [0.2, 0.25) is 0 Å². The van der Waals surface area contributed by atoms with Crippen molar-refractivity contribution in [3.63, 3.8) is 0 Å². The Morgan fingerprint density at radius 2 is 1.00 bits per heavy atom. The molecule has 0 aromatic heterocycles. The summed E-state index contributed by atoms with van der Waals surface area (Å²) < 4.78 is 34.5.